The van der Waals surface area contributed by atoms with Crippen molar-refractivity contribution in [1.82, 2.24) is 25.0 Å². The Bertz CT molecular complexity index is 1390. The number of hydrogen-bond acceptors (Lipinski definition) is 6. The van der Waals surface area contributed by atoms with Gasteiger partial charge in [0.15, 0.2) is 10.8 Å². The summed E-state index contributed by atoms with van der Waals surface area (Å²) in [6.45, 7) is 0.784. The zero-order valence-electron chi connectivity index (χ0n) is 23.4. The van der Waals surface area contributed by atoms with Gasteiger partial charge in [0.05, 0.1) is 17.3 Å². The van der Waals surface area contributed by atoms with Crippen molar-refractivity contribution < 1.29 is 31.5 Å². The van der Waals surface area contributed by atoms with Crippen LogP contribution in [0.5, 0.6) is 0 Å². The number of rotatable bonds is 10. The van der Waals surface area contributed by atoms with Gasteiger partial charge in [0.25, 0.3) is 11.8 Å². The highest BCUT2D eigenvalue weighted by atomic mass is 32.1. The number of nitrogens with zero attached hydrogens (tertiary/aromatic N) is 4. The van der Waals surface area contributed by atoms with Gasteiger partial charge in [-0.05, 0) is 31.4 Å². The topological polar surface area (TPSA) is 92.2 Å². The zero-order chi connectivity index (χ0) is 30.6. The van der Waals surface area contributed by atoms with Crippen LogP contribution in [0.15, 0.2) is 41.9 Å². The van der Waals surface area contributed by atoms with Crippen LogP contribution in [0.1, 0.15) is 73.5 Å². The van der Waals surface area contributed by atoms with E-state index < -0.39 is 29.6 Å². The molecule has 1 unspecified atom stereocenters. The minimum Gasteiger partial charge on any atom is -0.347 e. The minimum atomic E-state index is -4.60. The molecular formula is C29H33F5N6O2S. The molecule has 1 saturated heterocycles. The van der Waals surface area contributed by atoms with Gasteiger partial charge in [-0.25, -0.2) is 13.8 Å². The van der Waals surface area contributed by atoms with Crippen molar-refractivity contribution in [2.75, 3.05) is 25.0 Å². The van der Waals surface area contributed by atoms with E-state index in [0.29, 0.717) is 18.1 Å². The molecule has 1 aromatic carbocycles. The lowest BCUT2D eigenvalue weighted by Crippen LogP contribution is -2.43. The highest BCUT2D eigenvalue weighted by Gasteiger charge is 2.36. The Hall–Kier alpha value is -3.39. The van der Waals surface area contributed by atoms with Crippen molar-refractivity contribution >= 4 is 28.3 Å². The van der Waals surface area contributed by atoms with E-state index in [9.17, 15) is 31.5 Å². The molecule has 2 aliphatic rings. The van der Waals surface area contributed by atoms with Crippen LogP contribution in [0, 0.1) is 0 Å². The molecule has 2 N–H and O–H groups in total. The third-order valence-electron chi connectivity index (χ3n) is 7.97. The van der Waals surface area contributed by atoms with Crippen molar-refractivity contribution in [2.45, 2.75) is 75.5 Å². The summed E-state index contributed by atoms with van der Waals surface area (Å²) in [6.07, 6.45) is -0.0886. The molecule has 8 nitrogen and oxygen atoms in total. The largest absolute Gasteiger partial charge is 0.417 e. The lowest BCUT2D eigenvalue weighted by atomic mass is 10.0. The standard InChI is InChI=1S/C29H33F5N6O2S/c30-28(31)10-14-39(15-11-28)13-9-19(17-25(41)37-27-35-12-16-43-27)36-26(42)23-18-24(40(38-23)20-5-1-2-6-20)21-7-3-4-8-22(21)29(32,33)34/h3-4,7-8,12,16,18-20H,1-2,5-6,9-11,13-15,17H2,(H,36,42)(H,35,37,41). The van der Waals surface area contributed by atoms with Crippen molar-refractivity contribution in [3.8, 4) is 11.3 Å². The summed E-state index contributed by atoms with van der Waals surface area (Å²) in [5.41, 5.74) is -0.723. The second kappa shape index (κ2) is 13.1. The summed E-state index contributed by atoms with van der Waals surface area (Å²) < 4.78 is 70.6. The first-order valence-electron chi connectivity index (χ1n) is 14.3. The average Bonchev–Trinajstić information content (AvgIpc) is 3.74. The zero-order valence-corrected chi connectivity index (χ0v) is 24.2. The van der Waals surface area contributed by atoms with Crippen LogP contribution in [0.4, 0.5) is 27.1 Å². The summed E-state index contributed by atoms with van der Waals surface area (Å²) in [7, 11) is 0. The molecule has 0 spiro atoms. The van der Waals surface area contributed by atoms with Crippen molar-refractivity contribution in [2.24, 2.45) is 0 Å². The number of carbonyl (C=O) groups excluding carboxylic acids is 2. The fourth-order valence-corrected chi connectivity index (χ4v) is 6.24. The van der Waals surface area contributed by atoms with E-state index in [1.807, 2.05) is 4.90 Å². The first-order valence-corrected chi connectivity index (χ1v) is 15.2. The molecule has 3 aromatic rings. The van der Waals surface area contributed by atoms with E-state index in [4.69, 9.17) is 0 Å². The monoisotopic (exact) mass is 624 g/mol. The molecule has 1 aliphatic carbocycles. The Morgan fingerprint density at radius 3 is 2.51 bits per heavy atom. The SMILES string of the molecule is O=C(CC(CCN1CCC(F)(F)CC1)NC(=O)c1cc(-c2ccccc2C(F)(F)F)n(C2CCCC2)n1)Nc1nccs1. The Kier molecular flexibility index (Phi) is 9.45. The summed E-state index contributed by atoms with van der Waals surface area (Å²) in [5.74, 6) is -3.71. The van der Waals surface area contributed by atoms with E-state index in [2.05, 4.69) is 20.7 Å². The Balaban J connectivity index is 1.37. The summed E-state index contributed by atoms with van der Waals surface area (Å²) >= 11 is 1.24. The summed E-state index contributed by atoms with van der Waals surface area (Å²) in [6, 6.07) is 5.77. The molecule has 1 aliphatic heterocycles. The van der Waals surface area contributed by atoms with Crippen LogP contribution in [-0.2, 0) is 11.0 Å². The normalized spacial score (nSPS) is 18.4. The van der Waals surface area contributed by atoms with Gasteiger partial charge in [-0.15, -0.1) is 11.3 Å². The van der Waals surface area contributed by atoms with Crippen LogP contribution in [0.2, 0.25) is 0 Å². The average molecular weight is 625 g/mol. The predicted molar refractivity (Wildman–Crippen MR) is 152 cm³/mol. The number of piperidine rings is 1. The summed E-state index contributed by atoms with van der Waals surface area (Å²) in [4.78, 5) is 32.2. The molecule has 43 heavy (non-hydrogen) atoms. The fourth-order valence-electron chi connectivity index (χ4n) is 5.69. The molecule has 3 heterocycles. The van der Waals surface area contributed by atoms with E-state index in [-0.39, 0.29) is 61.3 Å². The molecule has 5 rings (SSSR count). The van der Waals surface area contributed by atoms with Crippen molar-refractivity contribution in [3.05, 3.63) is 53.2 Å². The first-order chi connectivity index (χ1) is 20.5. The maximum absolute atomic E-state index is 13.9. The number of nitrogens with one attached hydrogen (secondary N) is 2. The van der Waals surface area contributed by atoms with E-state index in [1.54, 1.807) is 11.6 Å². The van der Waals surface area contributed by atoms with Gasteiger partial charge >= 0.3 is 6.18 Å². The third-order valence-corrected chi connectivity index (χ3v) is 8.66. The second-order valence-electron chi connectivity index (χ2n) is 11.1. The number of halogens is 5. The third kappa shape index (κ3) is 7.96. The van der Waals surface area contributed by atoms with Crippen LogP contribution >= 0.6 is 11.3 Å². The number of likely N-dealkylation sites (tertiary alicyclic amines) is 1. The number of amides is 2. The number of benzene rings is 1. The Morgan fingerprint density at radius 2 is 1.84 bits per heavy atom. The van der Waals surface area contributed by atoms with Gasteiger partial charge in [-0.2, -0.15) is 18.3 Å². The van der Waals surface area contributed by atoms with Crippen LogP contribution in [-0.4, -0.2) is 63.1 Å². The number of hydrogen-bond donors (Lipinski definition) is 2. The lowest BCUT2D eigenvalue weighted by Gasteiger charge is -2.32. The van der Waals surface area contributed by atoms with Gasteiger partial charge in [-0.3, -0.25) is 14.3 Å². The van der Waals surface area contributed by atoms with Gasteiger partial charge in [0.2, 0.25) is 5.91 Å². The van der Waals surface area contributed by atoms with E-state index in [1.165, 1.54) is 40.3 Å². The van der Waals surface area contributed by atoms with Crippen molar-refractivity contribution in [1.29, 1.82) is 0 Å². The minimum absolute atomic E-state index is 0.0539. The van der Waals surface area contributed by atoms with Gasteiger partial charge in [0.1, 0.15) is 0 Å². The molecule has 0 bridgehead atoms. The molecule has 232 valence electrons. The molecule has 14 heteroatoms. The molecular weight excluding hydrogens is 591 g/mol. The number of carbonyl (C=O) groups is 2. The maximum atomic E-state index is 13.9. The summed E-state index contributed by atoms with van der Waals surface area (Å²) in [5, 5.41) is 12.1. The Labute approximate surface area is 249 Å². The lowest BCUT2D eigenvalue weighted by molar-refractivity contribution is -0.137. The van der Waals surface area contributed by atoms with E-state index >= 15 is 0 Å². The number of anilines is 1. The highest BCUT2D eigenvalue weighted by Crippen LogP contribution is 2.40. The number of thiazole rings is 1. The van der Waals surface area contributed by atoms with Crippen LogP contribution in [0.25, 0.3) is 11.3 Å². The maximum Gasteiger partial charge on any atom is 0.417 e. The number of aromatic nitrogens is 3. The fraction of sp³-hybridized carbons (Fsp3) is 0.517. The van der Waals surface area contributed by atoms with Crippen LogP contribution < -0.4 is 10.6 Å². The molecule has 0 radical (unpaired) electrons. The smallest absolute Gasteiger partial charge is 0.347 e. The van der Waals surface area contributed by atoms with E-state index in [0.717, 1.165) is 31.7 Å². The van der Waals surface area contributed by atoms with Crippen LogP contribution in [0.3, 0.4) is 0 Å². The molecule has 2 aromatic heterocycles. The van der Waals surface area contributed by atoms with Crippen molar-refractivity contribution in [3.63, 3.8) is 0 Å². The molecule has 1 saturated carbocycles. The number of alkyl halides is 5. The Morgan fingerprint density at radius 1 is 1.12 bits per heavy atom. The van der Waals surface area contributed by atoms with Gasteiger partial charge in [-0.1, -0.05) is 31.0 Å². The second-order valence-corrected chi connectivity index (χ2v) is 12.0. The highest BCUT2D eigenvalue weighted by molar-refractivity contribution is 7.13. The quantitative estimate of drug-likeness (QED) is 0.255. The first kappa shape index (κ1) is 31.0. The molecule has 1 atom stereocenters. The van der Waals surface area contributed by atoms with Gasteiger partial charge < -0.3 is 15.5 Å². The predicted octanol–water partition coefficient (Wildman–Crippen LogP) is 6.39. The molecule has 2 fully saturated rings. The van der Waals surface area contributed by atoms with Gasteiger partial charge in [0, 0.05) is 62.1 Å². The molecule has 2 amide bonds.